The van der Waals surface area contributed by atoms with Gasteiger partial charge in [-0.05, 0) is 30.9 Å². The van der Waals surface area contributed by atoms with Crippen LogP contribution in [0.25, 0.3) is 0 Å². The molecule has 1 amide bonds. The summed E-state index contributed by atoms with van der Waals surface area (Å²) in [5.74, 6) is 0.124. The highest BCUT2D eigenvalue weighted by Crippen LogP contribution is 2.24. The molecule has 0 heterocycles. The number of benzene rings is 1. The highest BCUT2D eigenvalue weighted by molar-refractivity contribution is 5.99. The number of carbonyl (C=O) groups excluding carboxylic acids is 1. The third-order valence-electron chi connectivity index (χ3n) is 4.00. The van der Waals surface area contributed by atoms with E-state index in [1.807, 2.05) is 0 Å². The maximum absolute atomic E-state index is 12.2. The maximum Gasteiger partial charge on any atom is 0.282 e. The fourth-order valence-electron chi connectivity index (χ4n) is 2.76. The Morgan fingerprint density at radius 3 is 2.67 bits per heavy atom. The van der Waals surface area contributed by atoms with Crippen LogP contribution in [0.15, 0.2) is 18.2 Å². The largest absolute Gasteiger partial charge is 0.388 e. The summed E-state index contributed by atoms with van der Waals surface area (Å²) in [5.41, 5.74) is 0.640. The number of amides is 1. The average molecular weight is 291 g/mol. The second kappa shape index (κ2) is 7.06. The van der Waals surface area contributed by atoms with E-state index in [0.29, 0.717) is 18.2 Å². The van der Waals surface area contributed by atoms with Gasteiger partial charge >= 0.3 is 0 Å². The van der Waals surface area contributed by atoms with Crippen molar-refractivity contribution < 1.29 is 9.72 Å². The fourth-order valence-corrected chi connectivity index (χ4v) is 2.76. The van der Waals surface area contributed by atoms with E-state index in [0.717, 1.165) is 12.8 Å². The molecule has 1 aliphatic rings. The van der Waals surface area contributed by atoms with Crippen molar-refractivity contribution in [3.8, 4) is 0 Å². The number of nitro groups is 1. The first-order chi connectivity index (χ1) is 10.1. The second-order valence-electron chi connectivity index (χ2n) is 5.45. The van der Waals surface area contributed by atoms with Crippen LogP contribution in [0.4, 0.5) is 11.4 Å². The van der Waals surface area contributed by atoms with Crippen LogP contribution < -0.4 is 10.6 Å². The number of rotatable bonds is 5. The Bertz CT molecular complexity index is 525. The van der Waals surface area contributed by atoms with Gasteiger partial charge in [-0.1, -0.05) is 19.3 Å². The summed E-state index contributed by atoms with van der Waals surface area (Å²) in [6.45, 7) is 0.597. The van der Waals surface area contributed by atoms with Crippen LogP contribution in [0, 0.1) is 16.0 Å². The lowest BCUT2D eigenvalue weighted by atomic mass is 9.89. The number of hydrogen-bond donors (Lipinski definition) is 2. The molecule has 0 aliphatic heterocycles. The third-order valence-corrected chi connectivity index (χ3v) is 4.00. The normalized spacial score (nSPS) is 15.5. The van der Waals surface area contributed by atoms with Crippen molar-refractivity contribution in [1.29, 1.82) is 0 Å². The minimum atomic E-state index is -0.519. The molecule has 21 heavy (non-hydrogen) atoms. The number of nitrogens with zero attached hydrogens (tertiary/aromatic N) is 1. The monoisotopic (exact) mass is 291 g/mol. The summed E-state index contributed by atoms with van der Waals surface area (Å²) >= 11 is 0. The predicted octanol–water partition coefficient (Wildman–Crippen LogP) is 2.95. The predicted molar refractivity (Wildman–Crippen MR) is 81.6 cm³/mol. The molecule has 6 nitrogen and oxygen atoms in total. The lowest BCUT2D eigenvalue weighted by Crippen LogP contribution is -2.30. The minimum absolute atomic E-state index is 0.114. The van der Waals surface area contributed by atoms with Crippen LogP contribution in [0.3, 0.4) is 0 Å². The van der Waals surface area contributed by atoms with Crippen molar-refractivity contribution in [1.82, 2.24) is 5.32 Å². The van der Waals surface area contributed by atoms with Crippen molar-refractivity contribution in [2.24, 2.45) is 5.92 Å². The van der Waals surface area contributed by atoms with Crippen LogP contribution >= 0.6 is 0 Å². The summed E-state index contributed by atoms with van der Waals surface area (Å²) in [4.78, 5) is 22.8. The maximum atomic E-state index is 12.2. The molecule has 114 valence electrons. The summed E-state index contributed by atoms with van der Waals surface area (Å²) in [5, 5.41) is 16.8. The number of nitro benzene ring substituents is 1. The van der Waals surface area contributed by atoms with E-state index >= 15 is 0 Å². The zero-order valence-corrected chi connectivity index (χ0v) is 12.2. The molecule has 1 aliphatic carbocycles. The molecule has 0 saturated heterocycles. The smallest absolute Gasteiger partial charge is 0.282 e. The Hall–Kier alpha value is -2.11. The Morgan fingerprint density at radius 1 is 1.33 bits per heavy atom. The van der Waals surface area contributed by atoms with Gasteiger partial charge in [-0.3, -0.25) is 14.9 Å². The van der Waals surface area contributed by atoms with Gasteiger partial charge in [0.25, 0.3) is 11.6 Å². The van der Waals surface area contributed by atoms with E-state index in [2.05, 4.69) is 10.6 Å². The topological polar surface area (TPSA) is 84.3 Å². The van der Waals surface area contributed by atoms with E-state index in [-0.39, 0.29) is 17.2 Å². The number of hydrogen-bond acceptors (Lipinski definition) is 4. The standard InChI is InChI=1S/C15H21N3O3/c1-16-12-7-8-14(18(20)21)13(9-12)15(19)17-10-11-5-3-2-4-6-11/h7-9,11,16H,2-6,10H2,1H3,(H,17,19). The van der Waals surface area contributed by atoms with Gasteiger partial charge < -0.3 is 10.6 Å². The number of nitrogens with one attached hydrogen (secondary N) is 2. The molecular weight excluding hydrogens is 270 g/mol. The SMILES string of the molecule is CNc1ccc([N+](=O)[O-])c(C(=O)NCC2CCCCC2)c1. The van der Waals surface area contributed by atoms with Gasteiger partial charge in [0.2, 0.25) is 0 Å². The van der Waals surface area contributed by atoms with Crippen molar-refractivity contribution in [2.75, 3.05) is 18.9 Å². The summed E-state index contributed by atoms with van der Waals surface area (Å²) in [6.07, 6.45) is 5.92. The first kappa shape index (κ1) is 15.3. The lowest BCUT2D eigenvalue weighted by Gasteiger charge is -2.21. The molecule has 0 radical (unpaired) electrons. The molecule has 2 N–H and O–H groups in total. The van der Waals surface area contributed by atoms with E-state index in [1.165, 1.54) is 31.4 Å². The highest BCUT2D eigenvalue weighted by atomic mass is 16.6. The molecule has 1 aromatic carbocycles. The Labute approximate surface area is 124 Å². The first-order valence-corrected chi connectivity index (χ1v) is 7.36. The van der Waals surface area contributed by atoms with Gasteiger partial charge in [0.15, 0.2) is 0 Å². The van der Waals surface area contributed by atoms with Gasteiger partial charge in [-0.2, -0.15) is 0 Å². The van der Waals surface area contributed by atoms with Crippen molar-refractivity contribution in [3.05, 3.63) is 33.9 Å². The van der Waals surface area contributed by atoms with E-state index in [1.54, 1.807) is 13.1 Å². The van der Waals surface area contributed by atoms with E-state index in [9.17, 15) is 14.9 Å². The molecule has 0 aromatic heterocycles. The Kier molecular flexibility index (Phi) is 5.14. The molecule has 0 atom stereocenters. The van der Waals surface area contributed by atoms with Crippen molar-refractivity contribution >= 4 is 17.3 Å². The van der Waals surface area contributed by atoms with Crippen LogP contribution in [0.1, 0.15) is 42.5 Å². The Morgan fingerprint density at radius 2 is 2.05 bits per heavy atom. The molecule has 1 saturated carbocycles. The summed E-state index contributed by atoms with van der Waals surface area (Å²) < 4.78 is 0. The fraction of sp³-hybridized carbons (Fsp3) is 0.533. The molecule has 2 rings (SSSR count). The van der Waals surface area contributed by atoms with E-state index in [4.69, 9.17) is 0 Å². The molecule has 6 heteroatoms. The van der Waals surface area contributed by atoms with Crippen molar-refractivity contribution in [2.45, 2.75) is 32.1 Å². The quantitative estimate of drug-likeness (QED) is 0.645. The number of carbonyl (C=O) groups is 1. The lowest BCUT2D eigenvalue weighted by molar-refractivity contribution is -0.385. The van der Waals surface area contributed by atoms with Gasteiger partial charge in [0.05, 0.1) is 4.92 Å². The molecule has 1 fully saturated rings. The van der Waals surface area contributed by atoms with Crippen molar-refractivity contribution in [3.63, 3.8) is 0 Å². The number of anilines is 1. The van der Waals surface area contributed by atoms with Gasteiger partial charge in [-0.15, -0.1) is 0 Å². The van der Waals surface area contributed by atoms with Gasteiger partial charge in [0.1, 0.15) is 5.56 Å². The molecule has 0 unspecified atom stereocenters. The second-order valence-corrected chi connectivity index (χ2v) is 5.45. The average Bonchev–Trinajstić information content (AvgIpc) is 2.52. The molecule has 0 bridgehead atoms. The molecule has 0 spiro atoms. The van der Waals surface area contributed by atoms with E-state index < -0.39 is 4.92 Å². The minimum Gasteiger partial charge on any atom is -0.388 e. The van der Waals surface area contributed by atoms with Gasteiger partial charge in [0, 0.05) is 25.3 Å². The summed E-state index contributed by atoms with van der Waals surface area (Å²) in [7, 11) is 1.71. The van der Waals surface area contributed by atoms with Gasteiger partial charge in [-0.25, -0.2) is 0 Å². The highest BCUT2D eigenvalue weighted by Gasteiger charge is 2.21. The summed E-state index contributed by atoms with van der Waals surface area (Å²) in [6, 6.07) is 4.48. The van der Waals surface area contributed by atoms with Crippen LogP contribution in [0.2, 0.25) is 0 Å². The first-order valence-electron chi connectivity index (χ1n) is 7.36. The molecular formula is C15H21N3O3. The van der Waals surface area contributed by atoms with Crippen LogP contribution in [-0.2, 0) is 0 Å². The zero-order valence-electron chi connectivity index (χ0n) is 12.2. The third kappa shape index (κ3) is 3.93. The zero-order chi connectivity index (χ0) is 15.2. The van der Waals surface area contributed by atoms with Crippen LogP contribution in [-0.4, -0.2) is 24.4 Å². The van der Waals surface area contributed by atoms with Crippen LogP contribution in [0.5, 0.6) is 0 Å². The Balaban J connectivity index is 2.07. The molecule has 1 aromatic rings.